The fourth-order valence-electron chi connectivity index (χ4n) is 1.43. The van der Waals surface area contributed by atoms with Crippen molar-refractivity contribution in [2.45, 2.75) is 6.92 Å². The highest BCUT2D eigenvalue weighted by Gasteiger charge is 2.08. The van der Waals surface area contributed by atoms with Gasteiger partial charge in [-0.15, -0.1) is 0 Å². The number of hydrogen-bond donors (Lipinski definition) is 1. The van der Waals surface area contributed by atoms with E-state index in [4.69, 9.17) is 5.11 Å². The lowest BCUT2D eigenvalue weighted by Gasteiger charge is -2.02. The third kappa shape index (κ3) is 2.07. The summed E-state index contributed by atoms with van der Waals surface area (Å²) >= 11 is 0. The molecule has 0 aliphatic carbocycles. The van der Waals surface area contributed by atoms with Gasteiger partial charge in [0.2, 0.25) is 0 Å². The van der Waals surface area contributed by atoms with Crippen LogP contribution >= 0.6 is 0 Å². The van der Waals surface area contributed by atoms with Gasteiger partial charge in [0.05, 0.1) is 16.8 Å². The Morgan fingerprint density at radius 2 is 2.00 bits per heavy atom. The van der Waals surface area contributed by atoms with Crippen LogP contribution in [0, 0.1) is 6.92 Å². The van der Waals surface area contributed by atoms with E-state index in [1.165, 1.54) is 0 Å². The van der Waals surface area contributed by atoms with Crippen LogP contribution in [0.25, 0.3) is 10.9 Å². The first-order valence-electron chi connectivity index (χ1n) is 4.28. The summed E-state index contributed by atoms with van der Waals surface area (Å²) in [6.45, 7) is 1.70. The van der Waals surface area contributed by atoms with E-state index in [0.29, 0.717) is 5.69 Å². The minimum atomic E-state index is -0.930. The number of carbonyl (C=O) groups is 1. The average Bonchev–Trinajstić information content (AvgIpc) is 2.16. The lowest BCUT2D eigenvalue weighted by Crippen LogP contribution is -3.00. The highest BCUT2D eigenvalue weighted by atomic mass is 35.5. The molecule has 0 amide bonds. The zero-order valence-electron chi connectivity index (χ0n) is 8.07. The first-order chi connectivity index (χ1) is 6.68. The predicted molar refractivity (Wildman–Crippen MR) is 53.4 cm³/mol. The van der Waals surface area contributed by atoms with E-state index in [0.717, 1.165) is 10.9 Å². The van der Waals surface area contributed by atoms with Crippen molar-refractivity contribution >= 4 is 16.9 Å². The largest absolute Gasteiger partial charge is 1.00 e. The van der Waals surface area contributed by atoms with E-state index in [1.807, 2.05) is 24.3 Å². The van der Waals surface area contributed by atoms with Gasteiger partial charge < -0.3 is 17.5 Å². The highest BCUT2D eigenvalue weighted by Crippen LogP contribution is 2.15. The maximum Gasteiger partial charge on any atom is 0.337 e. The quantitative estimate of drug-likeness (QED) is 0.691. The third-order valence-electron chi connectivity index (χ3n) is 2.14. The zero-order valence-corrected chi connectivity index (χ0v) is 8.82. The van der Waals surface area contributed by atoms with Crippen LogP contribution in [0.2, 0.25) is 0 Å². The Kier molecular flexibility index (Phi) is 3.27. The number of carboxylic acid groups (broad SMARTS) is 1. The van der Waals surface area contributed by atoms with Gasteiger partial charge in [0, 0.05) is 5.39 Å². The van der Waals surface area contributed by atoms with Gasteiger partial charge in [-0.3, -0.25) is 4.98 Å². The minimum Gasteiger partial charge on any atom is -1.00 e. The Balaban J connectivity index is 0.00000112. The first kappa shape index (κ1) is 11.5. The molecule has 0 aliphatic rings. The van der Waals surface area contributed by atoms with E-state index in [-0.39, 0.29) is 18.0 Å². The van der Waals surface area contributed by atoms with Gasteiger partial charge in [0.1, 0.15) is 0 Å². The maximum absolute atomic E-state index is 10.8. The number of para-hydroxylation sites is 1. The lowest BCUT2D eigenvalue weighted by molar-refractivity contribution is -0.0000188. The Morgan fingerprint density at radius 1 is 1.33 bits per heavy atom. The second-order valence-corrected chi connectivity index (χ2v) is 3.12. The van der Waals surface area contributed by atoms with Crippen LogP contribution in [0.4, 0.5) is 0 Å². The number of carboxylic acids is 1. The summed E-state index contributed by atoms with van der Waals surface area (Å²) in [5, 5.41) is 9.74. The van der Waals surface area contributed by atoms with Crippen molar-refractivity contribution in [3.8, 4) is 0 Å². The minimum absolute atomic E-state index is 0. The second-order valence-electron chi connectivity index (χ2n) is 3.12. The Bertz CT molecular complexity index is 511. The third-order valence-corrected chi connectivity index (χ3v) is 2.14. The summed E-state index contributed by atoms with van der Waals surface area (Å²) in [4.78, 5) is 15.0. The molecule has 0 unspecified atom stereocenters. The molecule has 3 nitrogen and oxygen atoms in total. The molecule has 2 aromatic rings. The van der Waals surface area contributed by atoms with Crippen molar-refractivity contribution in [2.24, 2.45) is 0 Å². The van der Waals surface area contributed by atoms with E-state index in [2.05, 4.69) is 4.98 Å². The molecule has 1 aromatic carbocycles. The molecule has 0 radical (unpaired) electrons. The Hall–Kier alpha value is -1.61. The van der Waals surface area contributed by atoms with E-state index in [1.54, 1.807) is 13.0 Å². The van der Waals surface area contributed by atoms with Gasteiger partial charge in [-0.2, -0.15) is 0 Å². The maximum atomic E-state index is 10.8. The number of aromatic nitrogens is 1. The Morgan fingerprint density at radius 3 is 2.67 bits per heavy atom. The van der Waals surface area contributed by atoms with Gasteiger partial charge in [0.15, 0.2) is 0 Å². The van der Waals surface area contributed by atoms with Crippen LogP contribution in [0.15, 0.2) is 30.3 Å². The van der Waals surface area contributed by atoms with Crippen LogP contribution in [-0.2, 0) is 0 Å². The summed E-state index contributed by atoms with van der Waals surface area (Å²) in [7, 11) is 0. The fraction of sp³-hybridized carbons (Fsp3) is 0.0909. The summed E-state index contributed by atoms with van der Waals surface area (Å²) in [5.41, 5.74) is 1.65. The van der Waals surface area contributed by atoms with Gasteiger partial charge in [-0.1, -0.05) is 18.2 Å². The standard InChI is InChI=1S/C11H9NO2.ClH/c1-7-9(11(13)14)6-8-4-2-3-5-10(8)12-7;/h2-6H,1H3,(H,13,14);1H/p-1. The summed E-state index contributed by atoms with van der Waals surface area (Å²) < 4.78 is 0. The van der Waals surface area contributed by atoms with E-state index < -0.39 is 5.97 Å². The number of aromatic carboxylic acids is 1. The summed E-state index contributed by atoms with van der Waals surface area (Å²) in [5.74, 6) is -0.930. The van der Waals surface area contributed by atoms with Gasteiger partial charge >= 0.3 is 5.97 Å². The number of halogens is 1. The van der Waals surface area contributed by atoms with Crippen LogP contribution < -0.4 is 12.4 Å². The van der Waals surface area contributed by atoms with Crippen LogP contribution in [0.1, 0.15) is 16.1 Å². The number of hydrogen-bond acceptors (Lipinski definition) is 2. The van der Waals surface area contributed by atoms with Crippen molar-refractivity contribution in [1.29, 1.82) is 0 Å². The summed E-state index contributed by atoms with van der Waals surface area (Å²) in [6.07, 6.45) is 0. The van der Waals surface area contributed by atoms with Crippen molar-refractivity contribution < 1.29 is 22.3 Å². The van der Waals surface area contributed by atoms with Crippen LogP contribution in [0.5, 0.6) is 0 Å². The molecule has 0 fully saturated rings. The number of fused-ring (bicyclic) bond motifs is 1. The van der Waals surface area contributed by atoms with E-state index in [9.17, 15) is 4.79 Å². The average molecular weight is 223 g/mol. The van der Waals surface area contributed by atoms with Crippen molar-refractivity contribution in [2.75, 3.05) is 0 Å². The molecule has 0 atom stereocenters. The number of benzene rings is 1. The molecule has 1 heterocycles. The fourth-order valence-corrected chi connectivity index (χ4v) is 1.43. The number of nitrogens with zero attached hydrogens (tertiary/aromatic N) is 1. The van der Waals surface area contributed by atoms with Crippen molar-refractivity contribution in [1.82, 2.24) is 4.98 Å². The van der Waals surface area contributed by atoms with Crippen molar-refractivity contribution in [3.63, 3.8) is 0 Å². The smallest absolute Gasteiger partial charge is 0.337 e. The molecule has 2 rings (SSSR count). The topological polar surface area (TPSA) is 50.2 Å². The molecule has 1 N–H and O–H groups in total. The van der Waals surface area contributed by atoms with Gasteiger partial charge in [-0.25, -0.2) is 4.79 Å². The molecule has 1 aromatic heterocycles. The molecular weight excluding hydrogens is 214 g/mol. The molecule has 4 heteroatoms. The highest BCUT2D eigenvalue weighted by molar-refractivity contribution is 5.93. The lowest BCUT2D eigenvalue weighted by atomic mass is 10.1. The summed E-state index contributed by atoms with van der Waals surface area (Å²) in [6, 6.07) is 9.13. The van der Waals surface area contributed by atoms with Crippen LogP contribution in [0.3, 0.4) is 0 Å². The molecular formula is C11H9ClNO2-. The SMILES string of the molecule is Cc1nc2ccccc2cc1C(=O)O.[Cl-]. The molecule has 0 aliphatic heterocycles. The van der Waals surface area contributed by atoms with Crippen molar-refractivity contribution in [3.05, 3.63) is 41.6 Å². The second kappa shape index (κ2) is 4.28. The molecule has 0 spiro atoms. The molecule has 15 heavy (non-hydrogen) atoms. The molecule has 78 valence electrons. The Labute approximate surface area is 93.2 Å². The normalized spacial score (nSPS) is 9.67. The van der Waals surface area contributed by atoms with Crippen LogP contribution in [-0.4, -0.2) is 16.1 Å². The zero-order chi connectivity index (χ0) is 10.1. The van der Waals surface area contributed by atoms with E-state index >= 15 is 0 Å². The number of aryl methyl sites for hydroxylation is 1. The van der Waals surface area contributed by atoms with Gasteiger partial charge in [-0.05, 0) is 19.1 Å². The number of pyridine rings is 1. The first-order valence-corrected chi connectivity index (χ1v) is 4.28. The molecule has 0 saturated heterocycles. The monoisotopic (exact) mass is 222 g/mol. The predicted octanol–water partition coefficient (Wildman–Crippen LogP) is -0.755. The van der Waals surface area contributed by atoms with Gasteiger partial charge in [0.25, 0.3) is 0 Å². The number of rotatable bonds is 1. The molecule has 0 bridgehead atoms. The molecule has 0 saturated carbocycles.